The predicted octanol–water partition coefficient (Wildman–Crippen LogP) is 4.77. The first kappa shape index (κ1) is 31.9. The van der Waals surface area contributed by atoms with Crippen LogP contribution in [0.5, 0.6) is 0 Å². The van der Waals surface area contributed by atoms with Gasteiger partial charge < -0.3 is 24.6 Å². The summed E-state index contributed by atoms with van der Waals surface area (Å²) in [7, 11) is 0. The van der Waals surface area contributed by atoms with E-state index in [-0.39, 0.29) is 31.4 Å². The number of guanidine groups is 1. The molecule has 0 radical (unpaired) electrons. The van der Waals surface area contributed by atoms with Crippen molar-refractivity contribution < 1.29 is 38.5 Å². The number of amides is 3. The second-order valence-corrected chi connectivity index (χ2v) is 11.6. The van der Waals surface area contributed by atoms with Gasteiger partial charge in [0.25, 0.3) is 0 Å². The molecule has 2 aromatic carbocycles. The molecule has 1 atom stereocenters. The number of benzene rings is 2. The molecular formula is C30H38N4O8. The molecule has 1 aliphatic rings. The first-order valence-corrected chi connectivity index (χ1v) is 13.5. The van der Waals surface area contributed by atoms with Crippen molar-refractivity contribution in [2.75, 3.05) is 13.2 Å². The number of carbonyl (C=O) groups is 4. The Hall–Kier alpha value is -4.61. The van der Waals surface area contributed by atoms with Crippen LogP contribution in [0.4, 0.5) is 14.4 Å². The second kappa shape index (κ2) is 13.4. The summed E-state index contributed by atoms with van der Waals surface area (Å²) in [6.45, 7) is 9.81. The van der Waals surface area contributed by atoms with Crippen LogP contribution >= 0.6 is 0 Å². The highest BCUT2D eigenvalue weighted by molar-refractivity contribution is 6.01. The first-order valence-electron chi connectivity index (χ1n) is 13.5. The highest BCUT2D eigenvalue weighted by Crippen LogP contribution is 2.44. The van der Waals surface area contributed by atoms with E-state index in [4.69, 9.17) is 14.2 Å². The molecule has 4 N–H and O–H groups in total. The Balaban J connectivity index is 1.62. The van der Waals surface area contributed by atoms with Gasteiger partial charge in [0.15, 0.2) is 0 Å². The topological polar surface area (TPSA) is 165 Å². The Morgan fingerprint density at radius 3 is 1.74 bits per heavy atom. The minimum Gasteiger partial charge on any atom is -0.480 e. The summed E-state index contributed by atoms with van der Waals surface area (Å²) in [5, 5.41) is 16.7. The van der Waals surface area contributed by atoms with Gasteiger partial charge >= 0.3 is 24.2 Å². The SMILES string of the molecule is CC(C)(C)OC(=O)NC(=NCC[C@@H](NC(=O)OCC1c2ccccc2-c2ccccc21)C(=O)O)NC(=O)OC(C)(C)C. The van der Waals surface area contributed by atoms with Crippen LogP contribution in [-0.4, -0.2) is 65.7 Å². The van der Waals surface area contributed by atoms with Gasteiger partial charge in [-0.15, -0.1) is 0 Å². The molecule has 42 heavy (non-hydrogen) atoms. The van der Waals surface area contributed by atoms with Gasteiger partial charge in [-0.05, 0) is 70.2 Å². The number of fused-ring (bicyclic) bond motifs is 3. The molecular weight excluding hydrogens is 544 g/mol. The summed E-state index contributed by atoms with van der Waals surface area (Å²) >= 11 is 0. The average molecular weight is 583 g/mol. The molecule has 12 nitrogen and oxygen atoms in total. The number of carboxylic acids is 1. The van der Waals surface area contributed by atoms with Crippen molar-refractivity contribution in [2.24, 2.45) is 4.99 Å². The smallest absolute Gasteiger partial charge is 0.414 e. The number of aliphatic carboxylic acids is 1. The van der Waals surface area contributed by atoms with Crippen LogP contribution in [0.15, 0.2) is 53.5 Å². The van der Waals surface area contributed by atoms with E-state index < -0.39 is 41.5 Å². The standard InChI is InChI=1S/C30H38N4O8/c1-29(2,3)41-27(38)33-25(34-28(39)42-30(4,5)6)31-16-15-23(24(35)36)32-26(37)40-17-22-20-13-9-7-11-18(20)19-12-8-10-14-21(19)22/h7-14,22-23H,15-17H2,1-6H3,(H,32,37)(H,35,36)(H2,31,33,34,38,39)/t23-/m1/s1. The van der Waals surface area contributed by atoms with Crippen molar-refractivity contribution in [3.05, 3.63) is 59.7 Å². The van der Waals surface area contributed by atoms with Crippen molar-refractivity contribution in [3.8, 4) is 11.1 Å². The molecule has 0 heterocycles. The maximum absolute atomic E-state index is 12.6. The number of aliphatic imine (C=N–C) groups is 1. The van der Waals surface area contributed by atoms with Gasteiger partial charge in [0.05, 0.1) is 0 Å². The molecule has 226 valence electrons. The fraction of sp³-hybridized carbons (Fsp3) is 0.433. The third kappa shape index (κ3) is 9.50. The molecule has 2 aromatic rings. The zero-order valence-electron chi connectivity index (χ0n) is 24.6. The monoisotopic (exact) mass is 582 g/mol. The summed E-state index contributed by atoms with van der Waals surface area (Å²) in [5.41, 5.74) is 2.56. The zero-order chi connectivity index (χ0) is 31.1. The van der Waals surface area contributed by atoms with Crippen LogP contribution in [0.2, 0.25) is 0 Å². The molecule has 0 fully saturated rings. The van der Waals surface area contributed by atoms with Gasteiger partial charge in [-0.1, -0.05) is 48.5 Å². The van der Waals surface area contributed by atoms with Crippen LogP contribution in [-0.2, 0) is 19.0 Å². The van der Waals surface area contributed by atoms with E-state index in [0.717, 1.165) is 22.3 Å². The summed E-state index contributed by atoms with van der Waals surface area (Å²) in [5.74, 6) is -1.79. The summed E-state index contributed by atoms with van der Waals surface area (Å²) < 4.78 is 15.8. The molecule has 0 aromatic heterocycles. The van der Waals surface area contributed by atoms with Gasteiger partial charge in [0.2, 0.25) is 5.96 Å². The van der Waals surface area contributed by atoms with Crippen LogP contribution in [0.25, 0.3) is 11.1 Å². The largest absolute Gasteiger partial charge is 0.480 e. The van der Waals surface area contributed by atoms with Crippen molar-refractivity contribution in [1.82, 2.24) is 16.0 Å². The molecule has 1 aliphatic carbocycles. The lowest BCUT2D eigenvalue weighted by Gasteiger charge is -2.22. The fourth-order valence-electron chi connectivity index (χ4n) is 4.26. The maximum Gasteiger partial charge on any atom is 0.414 e. The number of carbonyl (C=O) groups excluding carboxylic acids is 3. The van der Waals surface area contributed by atoms with E-state index in [1.165, 1.54) is 0 Å². The number of hydrogen-bond donors (Lipinski definition) is 4. The number of alkyl carbamates (subject to hydrolysis) is 3. The van der Waals surface area contributed by atoms with Crippen molar-refractivity contribution >= 4 is 30.2 Å². The maximum atomic E-state index is 12.6. The molecule has 0 spiro atoms. The van der Waals surface area contributed by atoms with Gasteiger partial charge in [-0.3, -0.25) is 15.6 Å². The Labute approximate surface area is 244 Å². The van der Waals surface area contributed by atoms with Crippen LogP contribution in [0, 0.1) is 0 Å². The summed E-state index contributed by atoms with van der Waals surface area (Å²) in [6, 6.07) is 14.4. The molecule has 3 rings (SSSR count). The highest BCUT2D eigenvalue weighted by Gasteiger charge is 2.30. The number of nitrogens with zero attached hydrogens (tertiary/aromatic N) is 1. The Bertz CT molecular complexity index is 1270. The third-order valence-electron chi connectivity index (χ3n) is 5.86. The van der Waals surface area contributed by atoms with Gasteiger partial charge in [-0.25, -0.2) is 19.2 Å². The molecule has 0 saturated heterocycles. The summed E-state index contributed by atoms with van der Waals surface area (Å²) in [4.78, 5) is 53.1. The molecule has 0 aliphatic heterocycles. The normalized spacial score (nSPS) is 13.1. The lowest BCUT2D eigenvalue weighted by Crippen LogP contribution is -2.47. The fourth-order valence-corrected chi connectivity index (χ4v) is 4.26. The van der Waals surface area contributed by atoms with Gasteiger partial charge in [0, 0.05) is 12.5 Å². The minimum atomic E-state index is -1.35. The van der Waals surface area contributed by atoms with Gasteiger partial charge in [0.1, 0.15) is 23.9 Å². The predicted molar refractivity (Wildman–Crippen MR) is 155 cm³/mol. The summed E-state index contributed by atoms with van der Waals surface area (Å²) in [6.07, 6.45) is -2.84. The first-order chi connectivity index (χ1) is 19.6. The number of nitrogens with one attached hydrogen (secondary N) is 3. The van der Waals surface area contributed by atoms with Crippen LogP contribution in [0.1, 0.15) is 65.0 Å². The lowest BCUT2D eigenvalue weighted by molar-refractivity contribution is -0.139. The molecule has 0 saturated carbocycles. The lowest BCUT2D eigenvalue weighted by atomic mass is 9.98. The number of rotatable bonds is 7. The molecule has 0 bridgehead atoms. The van der Waals surface area contributed by atoms with Crippen LogP contribution in [0.3, 0.4) is 0 Å². The Kier molecular flexibility index (Phi) is 10.2. The van der Waals surface area contributed by atoms with E-state index in [1.54, 1.807) is 41.5 Å². The second-order valence-electron chi connectivity index (χ2n) is 11.6. The number of ether oxygens (including phenoxy) is 3. The highest BCUT2D eigenvalue weighted by atomic mass is 16.6. The third-order valence-corrected chi connectivity index (χ3v) is 5.86. The van der Waals surface area contributed by atoms with E-state index in [2.05, 4.69) is 20.9 Å². The Morgan fingerprint density at radius 1 is 0.810 bits per heavy atom. The molecule has 0 unspecified atom stereocenters. The van der Waals surface area contributed by atoms with Crippen LogP contribution < -0.4 is 16.0 Å². The molecule has 3 amide bonds. The van der Waals surface area contributed by atoms with Crippen molar-refractivity contribution in [3.63, 3.8) is 0 Å². The van der Waals surface area contributed by atoms with Crippen molar-refractivity contribution in [2.45, 2.75) is 71.1 Å². The van der Waals surface area contributed by atoms with E-state index >= 15 is 0 Å². The Morgan fingerprint density at radius 2 is 1.29 bits per heavy atom. The van der Waals surface area contributed by atoms with Gasteiger partial charge in [-0.2, -0.15) is 0 Å². The van der Waals surface area contributed by atoms with Crippen molar-refractivity contribution in [1.29, 1.82) is 0 Å². The number of carboxylic acid groups (broad SMARTS) is 1. The van der Waals surface area contributed by atoms with E-state index in [0.29, 0.717) is 0 Å². The zero-order valence-corrected chi connectivity index (χ0v) is 24.6. The minimum absolute atomic E-state index is 0.0219. The quantitative estimate of drug-likeness (QED) is 0.206. The van der Waals surface area contributed by atoms with E-state index in [9.17, 15) is 24.3 Å². The number of hydrogen-bond acceptors (Lipinski definition) is 8. The average Bonchev–Trinajstić information content (AvgIpc) is 3.18. The molecule has 12 heteroatoms. The van der Waals surface area contributed by atoms with E-state index in [1.807, 2.05) is 48.5 Å².